The van der Waals surface area contributed by atoms with Crippen molar-refractivity contribution in [2.24, 2.45) is 0 Å². The van der Waals surface area contributed by atoms with Crippen molar-refractivity contribution in [2.75, 3.05) is 18.1 Å². The van der Waals surface area contributed by atoms with Crippen LogP contribution in [0.1, 0.15) is 39.3 Å². The van der Waals surface area contributed by atoms with Crippen molar-refractivity contribution in [1.29, 1.82) is 0 Å². The van der Waals surface area contributed by atoms with E-state index in [0.29, 0.717) is 24.6 Å². The summed E-state index contributed by atoms with van der Waals surface area (Å²) in [5.41, 5.74) is 2.49. The minimum atomic E-state index is -0.329. The van der Waals surface area contributed by atoms with Crippen molar-refractivity contribution < 1.29 is 14.3 Å². The van der Waals surface area contributed by atoms with Gasteiger partial charge < -0.3 is 10.1 Å². The average molecular weight is 359 g/mol. The number of thiazole rings is 1. The van der Waals surface area contributed by atoms with E-state index in [9.17, 15) is 9.59 Å². The number of aryl methyl sites for hydroxylation is 2. The molecular weight excluding hydrogens is 338 g/mol. The Morgan fingerprint density at radius 2 is 2.28 bits per heavy atom. The molecule has 0 unspecified atom stereocenters. The zero-order valence-corrected chi connectivity index (χ0v) is 15.2. The molecule has 1 aromatic carbocycles. The Morgan fingerprint density at radius 1 is 1.44 bits per heavy atom. The molecule has 132 valence electrons. The van der Waals surface area contributed by atoms with E-state index >= 15 is 0 Å². The average Bonchev–Trinajstić information content (AvgIpc) is 3.19. The smallest absolute Gasteiger partial charge is 0.414 e. The molecule has 1 saturated heterocycles. The number of nitrogens with zero attached hydrogens (tertiary/aromatic N) is 2. The summed E-state index contributed by atoms with van der Waals surface area (Å²) in [6.07, 6.45) is 1.58. The molecule has 2 amide bonds. The number of carbonyl (C=O) groups is 2. The number of ether oxygens (including phenoxy) is 1. The van der Waals surface area contributed by atoms with Crippen LogP contribution in [0.4, 0.5) is 10.5 Å². The molecule has 0 atom stereocenters. The van der Waals surface area contributed by atoms with E-state index in [1.807, 2.05) is 31.2 Å². The molecule has 2 heterocycles. The maximum Gasteiger partial charge on any atom is 0.414 e. The number of cyclic esters (lactones) is 1. The summed E-state index contributed by atoms with van der Waals surface area (Å²) >= 11 is 1.46. The summed E-state index contributed by atoms with van der Waals surface area (Å²) in [6, 6.07) is 7.56. The van der Waals surface area contributed by atoms with Crippen LogP contribution in [-0.4, -0.2) is 30.1 Å². The lowest BCUT2D eigenvalue weighted by molar-refractivity contribution is 0.0954. The third-order valence-electron chi connectivity index (χ3n) is 3.95. The Labute approximate surface area is 150 Å². The van der Waals surface area contributed by atoms with E-state index < -0.39 is 0 Å². The number of carbonyl (C=O) groups excluding carboxylic acids is 2. The second-order valence-electron chi connectivity index (χ2n) is 5.89. The van der Waals surface area contributed by atoms with E-state index in [1.54, 1.807) is 4.90 Å². The van der Waals surface area contributed by atoms with Crippen LogP contribution in [0.3, 0.4) is 0 Å². The van der Waals surface area contributed by atoms with Gasteiger partial charge in [-0.05, 0) is 37.5 Å². The molecule has 6 nitrogen and oxygen atoms in total. The third-order valence-corrected chi connectivity index (χ3v) is 5.16. The van der Waals surface area contributed by atoms with Gasteiger partial charge >= 0.3 is 6.09 Å². The quantitative estimate of drug-likeness (QED) is 0.859. The largest absolute Gasteiger partial charge is 0.447 e. The van der Waals surface area contributed by atoms with Crippen LogP contribution in [0, 0.1) is 6.92 Å². The Hall–Kier alpha value is -2.41. The third kappa shape index (κ3) is 3.99. The van der Waals surface area contributed by atoms with Crippen molar-refractivity contribution in [3.05, 3.63) is 45.4 Å². The van der Waals surface area contributed by atoms with Gasteiger partial charge in [0.2, 0.25) is 0 Å². The zero-order valence-electron chi connectivity index (χ0n) is 14.4. The van der Waals surface area contributed by atoms with Crippen molar-refractivity contribution in [2.45, 2.75) is 33.2 Å². The fourth-order valence-corrected chi connectivity index (χ4v) is 3.79. The minimum absolute atomic E-state index is 0.108. The summed E-state index contributed by atoms with van der Waals surface area (Å²) in [5.74, 6) is -0.108. The molecule has 7 heteroatoms. The maximum atomic E-state index is 12.4. The van der Waals surface area contributed by atoms with Crippen LogP contribution < -0.4 is 10.2 Å². The number of aromatic nitrogens is 1. The number of amides is 2. The number of hydrogen-bond acceptors (Lipinski definition) is 5. The molecule has 3 rings (SSSR count). The van der Waals surface area contributed by atoms with Gasteiger partial charge in [0, 0.05) is 12.2 Å². The topological polar surface area (TPSA) is 71.5 Å². The number of nitrogens with one attached hydrogen (secondary N) is 1. The van der Waals surface area contributed by atoms with E-state index in [0.717, 1.165) is 34.8 Å². The molecule has 1 aromatic heterocycles. The van der Waals surface area contributed by atoms with E-state index in [1.165, 1.54) is 11.3 Å². The Bertz CT molecular complexity index is 788. The van der Waals surface area contributed by atoms with Crippen LogP contribution in [-0.2, 0) is 17.7 Å². The molecule has 25 heavy (non-hydrogen) atoms. The van der Waals surface area contributed by atoms with Crippen molar-refractivity contribution in [3.8, 4) is 0 Å². The number of rotatable bonds is 6. The second-order valence-corrected chi connectivity index (χ2v) is 6.97. The van der Waals surface area contributed by atoms with Crippen LogP contribution in [0.2, 0.25) is 0 Å². The van der Waals surface area contributed by atoms with Crippen LogP contribution in [0.15, 0.2) is 24.3 Å². The van der Waals surface area contributed by atoms with Gasteiger partial charge in [-0.25, -0.2) is 9.78 Å². The molecule has 2 aromatic rings. The summed E-state index contributed by atoms with van der Waals surface area (Å²) in [6.45, 7) is 5.32. The molecular formula is C18H21N3O3S. The van der Waals surface area contributed by atoms with Crippen molar-refractivity contribution >= 4 is 29.0 Å². The van der Waals surface area contributed by atoms with Crippen molar-refractivity contribution in [1.82, 2.24) is 10.3 Å². The first-order valence-electron chi connectivity index (χ1n) is 8.36. The Balaban J connectivity index is 1.65. The lowest BCUT2D eigenvalue weighted by atomic mass is 10.2. The maximum absolute atomic E-state index is 12.4. The fraction of sp³-hybridized carbons (Fsp3) is 0.389. The lowest BCUT2D eigenvalue weighted by Gasteiger charge is -2.14. The fourth-order valence-electron chi connectivity index (χ4n) is 2.71. The van der Waals surface area contributed by atoms with Gasteiger partial charge in [-0.15, -0.1) is 11.3 Å². The molecule has 0 bridgehead atoms. The monoisotopic (exact) mass is 359 g/mol. The first-order valence-corrected chi connectivity index (χ1v) is 9.18. The molecule has 1 aliphatic rings. The summed E-state index contributed by atoms with van der Waals surface area (Å²) in [4.78, 5) is 30.8. The van der Waals surface area contributed by atoms with Crippen LogP contribution in [0.5, 0.6) is 0 Å². The number of anilines is 1. The van der Waals surface area contributed by atoms with E-state index in [-0.39, 0.29) is 12.0 Å². The van der Waals surface area contributed by atoms with Crippen LogP contribution >= 0.6 is 11.3 Å². The van der Waals surface area contributed by atoms with Gasteiger partial charge in [0.25, 0.3) is 5.91 Å². The Kier molecular flexibility index (Phi) is 5.33. The van der Waals surface area contributed by atoms with E-state index in [4.69, 9.17) is 4.74 Å². The normalized spacial score (nSPS) is 13.8. The summed E-state index contributed by atoms with van der Waals surface area (Å²) in [5, 5.41) is 3.94. The highest BCUT2D eigenvalue weighted by Crippen LogP contribution is 2.21. The predicted octanol–water partition coefficient (Wildman–Crippen LogP) is 3.29. The minimum Gasteiger partial charge on any atom is -0.447 e. The molecule has 1 fully saturated rings. The summed E-state index contributed by atoms with van der Waals surface area (Å²) < 4.78 is 4.96. The number of hydrogen-bond donors (Lipinski definition) is 1. The Morgan fingerprint density at radius 3 is 3.00 bits per heavy atom. The first-order chi connectivity index (χ1) is 12.1. The molecule has 1 aliphatic heterocycles. The zero-order chi connectivity index (χ0) is 17.8. The van der Waals surface area contributed by atoms with Gasteiger partial charge in [0.15, 0.2) is 0 Å². The van der Waals surface area contributed by atoms with Gasteiger partial charge in [-0.2, -0.15) is 0 Å². The van der Waals surface area contributed by atoms with Gasteiger partial charge in [-0.3, -0.25) is 9.69 Å². The molecule has 1 N–H and O–H groups in total. The first kappa shape index (κ1) is 17.4. The standard InChI is InChI=1S/C18H21N3O3S/c1-3-5-15-20-12(2)16(25-15)17(22)19-11-13-6-4-7-14(10-13)21-8-9-24-18(21)23/h4,6-7,10H,3,5,8-9,11H2,1-2H3,(H,19,22). The molecule has 0 radical (unpaired) electrons. The number of benzene rings is 1. The van der Waals surface area contributed by atoms with Crippen molar-refractivity contribution in [3.63, 3.8) is 0 Å². The highest BCUT2D eigenvalue weighted by atomic mass is 32.1. The summed E-state index contributed by atoms with van der Waals surface area (Å²) in [7, 11) is 0. The van der Waals surface area contributed by atoms with Crippen LogP contribution in [0.25, 0.3) is 0 Å². The predicted molar refractivity (Wildman–Crippen MR) is 97.2 cm³/mol. The molecule has 0 saturated carbocycles. The lowest BCUT2D eigenvalue weighted by Crippen LogP contribution is -2.24. The molecule has 0 aliphatic carbocycles. The molecule has 0 spiro atoms. The highest BCUT2D eigenvalue weighted by molar-refractivity contribution is 7.13. The second kappa shape index (κ2) is 7.65. The highest BCUT2D eigenvalue weighted by Gasteiger charge is 2.23. The van der Waals surface area contributed by atoms with Gasteiger partial charge in [0.1, 0.15) is 11.5 Å². The SMILES string of the molecule is CCCc1nc(C)c(C(=O)NCc2cccc(N3CCOC3=O)c2)s1. The van der Waals surface area contributed by atoms with Gasteiger partial charge in [0.05, 0.1) is 17.2 Å². The van der Waals surface area contributed by atoms with Gasteiger partial charge in [-0.1, -0.05) is 19.1 Å². The van der Waals surface area contributed by atoms with E-state index in [2.05, 4.69) is 17.2 Å².